The third kappa shape index (κ3) is 2.60. The molecule has 1 aliphatic carbocycles. The van der Waals surface area contributed by atoms with Crippen LogP contribution in [0.1, 0.15) is 37.7 Å². The molecule has 1 unspecified atom stereocenters. The van der Waals surface area contributed by atoms with E-state index in [9.17, 15) is 4.79 Å². The Kier molecular flexibility index (Phi) is 3.45. The second-order valence-electron chi connectivity index (χ2n) is 5.87. The Morgan fingerprint density at radius 3 is 2.79 bits per heavy atom. The highest BCUT2D eigenvalue weighted by molar-refractivity contribution is 5.67. The number of para-hydroxylation sites is 1. The molecular formula is C16H21NO2. The Bertz CT molecular complexity index is 468. The number of aliphatic carboxylic acids is 1. The van der Waals surface area contributed by atoms with Crippen molar-refractivity contribution in [2.45, 2.75) is 44.6 Å². The molecular weight excluding hydrogens is 238 g/mol. The molecule has 0 spiro atoms. The SMILES string of the molecule is O=C(O)CCC1Cc2ccccc2N1CC1CCC1. The van der Waals surface area contributed by atoms with Crippen molar-refractivity contribution in [3.05, 3.63) is 29.8 Å². The largest absolute Gasteiger partial charge is 0.481 e. The van der Waals surface area contributed by atoms with Gasteiger partial charge in [0, 0.05) is 24.7 Å². The van der Waals surface area contributed by atoms with Crippen LogP contribution in [0.3, 0.4) is 0 Å². The summed E-state index contributed by atoms with van der Waals surface area (Å²) in [5, 5.41) is 8.90. The van der Waals surface area contributed by atoms with E-state index in [0.717, 1.165) is 25.3 Å². The molecule has 1 aromatic rings. The van der Waals surface area contributed by atoms with Crippen LogP contribution in [0, 0.1) is 5.92 Å². The number of anilines is 1. The van der Waals surface area contributed by atoms with Crippen LogP contribution in [-0.4, -0.2) is 23.7 Å². The third-order valence-electron chi connectivity index (χ3n) is 4.57. The lowest BCUT2D eigenvalue weighted by atomic mass is 9.85. The van der Waals surface area contributed by atoms with Crippen molar-refractivity contribution < 1.29 is 9.90 Å². The number of carbonyl (C=O) groups is 1. The molecule has 0 amide bonds. The van der Waals surface area contributed by atoms with Crippen LogP contribution in [0.4, 0.5) is 5.69 Å². The maximum Gasteiger partial charge on any atom is 0.303 e. The lowest BCUT2D eigenvalue weighted by molar-refractivity contribution is -0.137. The van der Waals surface area contributed by atoms with E-state index in [1.165, 1.54) is 30.5 Å². The van der Waals surface area contributed by atoms with E-state index in [-0.39, 0.29) is 6.42 Å². The average Bonchev–Trinajstić information content (AvgIpc) is 2.69. The number of hydrogen-bond donors (Lipinski definition) is 1. The van der Waals surface area contributed by atoms with E-state index in [1.807, 2.05) is 0 Å². The quantitative estimate of drug-likeness (QED) is 0.883. The number of benzene rings is 1. The van der Waals surface area contributed by atoms with E-state index < -0.39 is 5.97 Å². The summed E-state index contributed by atoms with van der Waals surface area (Å²) in [4.78, 5) is 13.3. The molecule has 19 heavy (non-hydrogen) atoms. The molecule has 1 N–H and O–H groups in total. The van der Waals surface area contributed by atoms with Crippen LogP contribution in [-0.2, 0) is 11.2 Å². The zero-order valence-electron chi connectivity index (χ0n) is 11.2. The first-order chi connectivity index (χ1) is 9.24. The second kappa shape index (κ2) is 5.24. The van der Waals surface area contributed by atoms with E-state index in [1.54, 1.807) is 0 Å². The first-order valence-electron chi connectivity index (χ1n) is 7.30. The van der Waals surface area contributed by atoms with Crippen molar-refractivity contribution in [1.82, 2.24) is 0 Å². The molecule has 3 nitrogen and oxygen atoms in total. The van der Waals surface area contributed by atoms with E-state index >= 15 is 0 Å². The third-order valence-corrected chi connectivity index (χ3v) is 4.57. The summed E-state index contributed by atoms with van der Waals surface area (Å²) in [6, 6.07) is 8.93. The molecule has 1 heterocycles. The Hall–Kier alpha value is -1.51. The Morgan fingerprint density at radius 1 is 1.32 bits per heavy atom. The minimum Gasteiger partial charge on any atom is -0.481 e. The number of rotatable bonds is 5. The zero-order valence-corrected chi connectivity index (χ0v) is 11.2. The van der Waals surface area contributed by atoms with Crippen molar-refractivity contribution in [3.8, 4) is 0 Å². The van der Waals surface area contributed by atoms with Gasteiger partial charge in [0.25, 0.3) is 0 Å². The highest BCUT2D eigenvalue weighted by Gasteiger charge is 2.32. The molecule has 0 aromatic heterocycles. The highest BCUT2D eigenvalue weighted by atomic mass is 16.4. The van der Waals surface area contributed by atoms with Crippen LogP contribution < -0.4 is 4.90 Å². The molecule has 102 valence electrons. The fraction of sp³-hybridized carbons (Fsp3) is 0.562. The fourth-order valence-corrected chi connectivity index (χ4v) is 3.27. The van der Waals surface area contributed by atoms with Gasteiger partial charge in [-0.1, -0.05) is 24.6 Å². The Morgan fingerprint density at radius 2 is 2.11 bits per heavy atom. The monoisotopic (exact) mass is 259 g/mol. The normalized spacial score (nSPS) is 22.1. The first-order valence-corrected chi connectivity index (χ1v) is 7.30. The standard InChI is InChI=1S/C16H21NO2/c18-16(19)9-8-14-10-13-6-1-2-7-15(13)17(14)11-12-4-3-5-12/h1-2,6-7,12,14H,3-5,8-11H2,(H,18,19). The van der Waals surface area contributed by atoms with Gasteiger partial charge in [-0.3, -0.25) is 4.79 Å². The maximum absolute atomic E-state index is 10.8. The molecule has 3 heteroatoms. The van der Waals surface area contributed by atoms with Gasteiger partial charge in [-0.25, -0.2) is 0 Å². The lowest BCUT2D eigenvalue weighted by Crippen LogP contribution is -2.38. The summed E-state index contributed by atoms with van der Waals surface area (Å²) in [7, 11) is 0. The molecule has 1 aromatic carbocycles. The molecule has 2 aliphatic rings. The van der Waals surface area contributed by atoms with Crippen molar-refractivity contribution in [3.63, 3.8) is 0 Å². The van der Waals surface area contributed by atoms with Gasteiger partial charge >= 0.3 is 5.97 Å². The molecule has 1 aliphatic heterocycles. The molecule has 0 bridgehead atoms. The average molecular weight is 259 g/mol. The van der Waals surface area contributed by atoms with Crippen LogP contribution in [0.25, 0.3) is 0 Å². The van der Waals surface area contributed by atoms with Gasteiger partial charge in [0.05, 0.1) is 0 Å². The van der Waals surface area contributed by atoms with Crippen LogP contribution in [0.15, 0.2) is 24.3 Å². The summed E-state index contributed by atoms with van der Waals surface area (Å²) in [5.41, 5.74) is 2.72. The second-order valence-corrected chi connectivity index (χ2v) is 5.87. The number of nitrogens with zero attached hydrogens (tertiary/aromatic N) is 1. The van der Waals surface area contributed by atoms with Crippen molar-refractivity contribution >= 4 is 11.7 Å². The number of hydrogen-bond acceptors (Lipinski definition) is 2. The van der Waals surface area contributed by atoms with Crippen LogP contribution >= 0.6 is 0 Å². The van der Waals surface area contributed by atoms with E-state index in [2.05, 4.69) is 29.2 Å². The van der Waals surface area contributed by atoms with Crippen molar-refractivity contribution in [1.29, 1.82) is 0 Å². The van der Waals surface area contributed by atoms with E-state index in [4.69, 9.17) is 5.11 Å². The van der Waals surface area contributed by atoms with Gasteiger partial charge in [0.1, 0.15) is 0 Å². The minimum atomic E-state index is -0.681. The summed E-state index contributed by atoms with van der Waals surface area (Å²) in [6.07, 6.45) is 6.08. The number of carboxylic acids is 1. The van der Waals surface area contributed by atoms with Crippen molar-refractivity contribution in [2.24, 2.45) is 5.92 Å². The maximum atomic E-state index is 10.8. The van der Waals surface area contributed by atoms with Crippen LogP contribution in [0.2, 0.25) is 0 Å². The summed E-state index contributed by atoms with van der Waals surface area (Å²) in [6.45, 7) is 1.11. The summed E-state index contributed by atoms with van der Waals surface area (Å²) in [5.74, 6) is 0.137. The summed E-state index contributed by atoms with van der Waals surface area (Å²) < 4.78 is 0. The first kappa shape index (κ1) is 12.5. The molecule has 1 fully saturated rings. The van der Waals surface area contributed by atoms with Gasteiger partial charge in [0.2, 0.25) is 0 Å². The van der Waals surface area contributed by atoms with Gasteiger partial charge in [0.15, 0.2) is 0 Å². The smallest absolute Gasteiger partial charge is 0.303 e. The van der Waals surface area contributed by atoms with Gasteiger partial charge in [-0.2, -0.15) is 0 Å². The Labute approximate surface area is 114 Å². The Balaban J connectivity index is 1.74. The summed E-state index contributed by atoms with van der Waals surface area (Å²) >= 11 is 0. The topological polar surface area (TPSA) is 40.5 Å². The lowest BCUT2D eigenvalue weighted by Gasteiger charge is -2.35. The highest BCUT2D eigenvalue weighted by Crippen LogP contribution is 2.37. The number of fused-ring (bicyclic) bond motifs is 1. The molecule has 3 rings (SSSR count). The van der Waals surface area contributed by atoms with Crippen LogP contribution in [0.5, 0.6) is 0 Å². The van der Waals surface area contributed by atoms with E-state index in [0.29, 0.717) is 6.04 Å². The predicted molar refractivity (Wildman–Crippen MR) is 75.5 cm³/mol. The van der Waals surface area contributed by atoms with Gasteiger partial charge in [-0.15, -0.1) is 0 Å². The van der Waals surface area contributed by atoms with Gasteiger partial charge in [-0.05, 0) is 43.2 Å². The number of carboxylic acid groups (broad SMARTS) is 1. The molecule has 1 atom stereocenters. The van der Waals surface area contributed by atoms with Gasteiger partial charge < -0.3 is 10.0 Å². The zero-order chi connectivity index (χ0) is 13.2. The predicted octanol–water partition coefficient (Wildman–Crippen LogP) is 3.08. The minimum absolute atomic E-state index is 0.278. The fourth-order valence-electron chi connectivity index (χ4n) is 3.27. The molecule has 0 saturated heterocycles. The molecule has 0 radical (unpaired) electrons. The van der Waals surface area contributed by atoms with Crippen molar-refractivity contribution in [2.75, 3.05) is 11.4 Å². The molecule has 1 saturated carbocycles.